The van der Waals surface area contributed by atoms with Crippen molar-refractivity contribution in [2.45, 2.75) is 39.7 Å². The summed E-state index contributed by atoms with van der Waals surface area (Å²) in [5.41, 5.74) is 0.858. The average molecular weight is 168 g/mol. The summed E-state index contributed by atoms with van der Waals surface area (Å²) in [6, 6.07) is 0. The molecule has 68 valence electrons. The van der Waals surface area contributed by atoms with E-state index in [9.17, 15) is 4.79 Å². The lowest BCUT2D eigenvalue weighted by molar-refractivity contribution is -0.138. The lowest BCUT2D eigenvalue weighted by Gasteiger charge is -1.97. The highest BCUT2D eigenvalue weighted by Crippen LogP contribution is 2.20. The van der Waals surface area contributed by atoms with Gasteiger partial charge in [0.05, 0.1) is 0 Å². The van der Waals surface area contributed by atoms with Crippen molar-refractivity contribution < 1.29 is 9.53 Å². The summed E-state index contributed by atoms with van der Waals surface area (Å²) in [5.74, 6) is 0.490. The van der Waals surface area contributed by atoms with Crippen LogP contribution in [-0.4, -0.2) is 12.1 Å². The molecule has 1 unspecified atom stereocenters. The number of hydrogen-bond donors (Lipinski definition) is 0. The standard InChI is InChI=1S/C10H16O2/c1-7(2)4-5-9-6-8(3)12-10(9)11/h5,7-8H,4,6H2,1-3H3/b9-5+. The molecule has 0 aromatic carbocycles. The van der Waals surface area contributed by atoms with Crippen LogP contribution < -0.4 is 0 Å². The lowest BCUT2D eigenvalue weighted by Crippen LogP contribution is -1.99. The summed E-state index contributed by atoms with van der Waals surface area (Å²) >= 11 is 0. The Labute approximate surface area is 73.6 Å². The highest BCUT2D eigenvalue weighted by Gasteiger charge is 2.24. The number of allylic oxidation sites excluding steroid dienone is 1. The van der Waals surface area contributed by atoms with Crippen molar-refractivity contribution in [3.63, 3.8) is 0 Å². The van der Waals surface area contributed by atoms with E-state index in [1.807, 2.05) is 13.0 Å². The van der Waals surface area contributed by atoms with Crippen LogP contribution in [0.2, 0.25) is 0 Å². The van der Waals surface area contributed by atoms with Gasteiger partial charge in [-0.1, -0.05) is 19.9 Å². The van der Waals surface area contributed by atoms with Crippen LogP contribution in [0.15, 0.2) is 11.6 Å². The fourth-order valence-electron chi connectivity index (χ4n) is 1.24. The quantitative estimate of drug-likeness (QED) is 0.467. The van der Waals surface area contributed by atoms with Crippen LogP contribution in [-0.2, 0) is 9.53 Å². The van der Waals surface area contributed by atoms with Crippen LogP contribution >= 0.6 is 0 Å². The number of carbonyl (C=O) groups is 1. The predicted octanol–water partition coefficient (Wildman–Crippen LogP) is 2.29. The van der Waals surface area contributed by atoms with Gasteiger partial charge >= 0.3 is 5.97 Å². The van der Waals surface area contributed by atoms with E-state index in [4.69, 9.17) is 4.74 Å². The molecule has 1 aliphatic heterocycles. The summed E-state index contributed by atoms with van der Waals surface area (Å²) in [5, 5.41) is 0. The second-order valence-corrected chi connectivity index (χ2v) is 3.78. The third-order valence-electron chi connectivity index (χ3n) is 1.91. The van der Waals surface area contributed by atoms with Gasteiger partial charge in [0.25, 0.3) is 0 Å². The van der Waals surface area contributed by atoms with Crippen LogP contribution in [0.4, 0.5) is 0 Å². The van der Waals surface area contributed by atoms with E-state index in [2.05, 4.69) is 13.8 Å². The molecule has 0 amide bonds. The second kappa shape index (κ2) is 3.74. The molecule has 0 aromatic rings. The van der Waals surface area contributed by atoms with Crippen LogP contribution in [0.3, 0.4) is 0 Å². The maximum Gasteiger partial charge on any atom is 0.334 e. The van der Waals surface area contributed by atoms with Gasteiger partial charge in [-0.15, -0.1) is 0 Å². The summed E-state index contributed by atoms with van der Waals surface area (Å²) in [6.07, 6.45) is 3.84. The molecule has 12 heavy (non-hydrogen) atoms. The van der Waals surface area contributed by atoms with Crippen LogP contribution in [0.25, 0.3) is 0 Å². The molecule has 2 heteroatoms. The average Bonchev–Trinajstić information content (AvgIpc) is 2.26. The van der Waals surface area contributed by atoms with E-state index in [0.717, 1.165) is 18.4 Å². The van der Waals surface area contributed by atoms with Crippen molar-refractivity contribution >= 4 is 5.97 Å². The number of ether oxygens (including phenoxy) is 1. The molecular formula is C10H16O2. The first-order valence-corrected chi connectivity index (χ1v) is 4.49. The molecule has 0 radical (unpaired) electrons. The molecule has 0 spiro atoms. The van der Waals surface area contributed by atoms with Gasteiger partial charge < -0.3 is 4.74 Å². The van der Waals surface area contributed by atoms with Crippen molar-refractivity contribution in [2.75, 3.05) is 0 Å². The molecule has 1 atom stereocenters. The minimum Gasteiger partial charge on any atom is -0.459 e. The fourth-order valence-corrected chi connectivity index (χ4v) is 1.24. The maximum atomic E-state index is 11.1. The lowest BCUT2D eigenvalue weighted by atomic mass is 10.1. The second-order valence-electron chi connectivity index (χ2n) is 3.78. The molecule has 1 aliphatic rings. The van der Waals surface area contributed by atoms with Gasteiger partial charge in [0.2, 0.25) is 0 Å². The number of cyclic esters (lactones) is 1. The molecule has 0 N–H and O–H groups in total. The smallest absolute Gasteiger partial charge is 0.334 e. The summed E-state index contributed by atoms with van der Waals surface area (Å²) in [7, 11) is 0. The van der Waals surface area contributed by atoms with Crippen molar-refractivity contribution in [3.05, 3.63) is 11.6 Å². The fraction of sp³-hybridized carbons (Fsp3) is 0.700. The number of carbonyl (C=O) groups excluding carboxylic acids is 1. The van der Waals surface area contributed by atoms with E-state index < -0.39 is 0 Å². The van der Waals surface area contributed by atoms with Gasteiger partial charge in [0.15, 0.2) is 0 Å². The Hall–Kier alpha value is -0.790. The first kappa shape index (κ1) is 9.30. The Morgan fingerprint density at radius 1 is 1.67 bits per heavy atom. The van der Waals surface area contributed by atoms with Gasteiger partial charge in [0, 0.05) is 12.0 Å². The molecule has 0 saturated carbocycles. The third-order valence-corrected chi connectivity index (χ3v) is 1.91. The van der Waals surface area contributed by atoms with Crippen molar-refractivity contribution in [3.8, 4) is 0 Å². The van der Waals surface area contributed by atoms with Crippen molar-refractivity contribution in [1.82, 2.24) is 0 Å². The minimum atomic E-state index is -0.122. The van der Waals surface area contributed by atoms with E-state index in [-0.39, 0.29) is 12.1 Å². The zero-order valence-corrected chi connectivity index (χ0v) is 7.96. The summed E-state index contributed by atoms with van der Waals surface area (Å²) < 4.78 is 5.00. The molecule has 2 nitrogen and oxygen atoms in total. The Morgan fingerprint density at radius 3 is 2.75 bits per heavy atom. The Balaban J connectivity index is 2.52. The molecule has 1 fully saturated rings. The Kier molecular flexibility index (Phi) is 2.90. The van der Waals surface area contributed by atoms with Gasteiger partial charge in [-0.2, -0.15) is 0 Å². The van der Waals surface area contributed by atoms with E-state index in [1.165, 1.54) is 0 Å². The van der Waals surface area contributed by atoms with Gasteiger partial charge in [0.1, 0.15) is 6.10 Å². The number of esters is 1. The van der Waals surface area contributed by atoms with E-state index in [1.54, 1.807) is 0 Å². The summed E-state index contributed by atoms with van der Waals surface area (Å²) in [6.45, 7) is 6.20. The van der Waals surface area contributed by atoms with Crippen LogP contribution in [0, 0.1) is 5.92 Å². The highest BCUT2D eigenvalue weighted by atomic mass is 16.5. The minimum absolute atomic E-state index is 0.0795. The first-order chi connectivity index (χ1) is 5.59. The molecule has 0 aromatic heterocycles. The zero-order chi connectivity index (χ0) is 9.14. The number of hydrogen-bond acceptors (Lipinski definition) is 2. The zero-order valence-electron chi connectivity index (χ0n) is 7.96. The molecule has 0 bridgehead atoms. The van der Waals surface area contributed by atoms with Crippen LogP contribution in [0.5, 0.6) is 0 Å². The van der Waals surface area contributed by atoms with Gasteiger partial charge in [-0.3, -0.25) is 0 Å². The first-order valence-electron chi connectivity index (χ1n) is 4.49. The van der Waals surface area contributed by atoms with Crippen LogP contribution in [0.1, 0.15) is 33.6 Å². The van der Waals surface area contributed by atoms with E-state index in [0.29, 0.717) is 5.92 Å². The normalized spacial score (nSPS) is 26.8. The van der Waals surface area contributed by atoms with E-state index >= 15 is 0 Å². The van der Waals surface area contributed by atoms with Crippen molar-refractivity contribution in [2.24, 2.45) is 5.92 Å². The monoisotopic (exact) mass is 168 g/mol. The van der Waals surface area contributed by atoms with Gasteiger partial charge in [-0.05, 0) is 19.3 Å². The molecular weight excluding hydrogens is 152 g/mol. The molecule has 1 saturated heterocycles. The highest BCUT2D eigenvalue weighted by molar-refractivity contribution is 5.90. The maximum absolute atomic E-state index is 11.1. The molecule has 1 heterocycles. The van der Waals surface area contributed by atoms with Crippen molar-refractivity contribution in [1.29, 1.82) is 0 Å². The van der Waals surface area contributed by atoms with Gasteiger partial charge in [-0.25, -0.2) is 4.79 Å². The Morgan fingerprint density at radius 2 is 2.33 bits per heavy atom. The Bertz CT molecular complexity index is 204. The predicted molar refractivity (Wildman–Crippen MR) is 47.7 cm³/mol. The molecule has 1 rings (SSSR count). The molecule has 0 aliphatic carbocycles. The third kappa shape index (κ3) is 2.36. The largest absolute Gasteiger partial charge is 0.459 e. The topological polar surface area (TPSA) is 26.3 Å². The number of rotatable bonds is 2. The SMILES string of the molecule is CC(C)C/C=C1\CC(C)OC1=O. The summed E-state index contributed by atoms with van der Waals surface area (Å²) in [4.78, 5) is 11.1.